The van der Waals surface area contributed by atoms with Crippen LogP contribution in [-0.2, 0) is 27.4 Å². The van der Waals surface area contributed by atoms with Crippen molar-refractivity contribution in [3.05, 3.63) is 35.4 Å². The fourth-order valence-corrected chi connectivity index (χ4v) is 2.49. The molecular formula is C13H17F3N2O3S. The maximum absolute atomic E-state index is 12.9. The second-order valence-corrected chi connectivity index (χ2v) is 6.72. The number of hydrogen-bond acceptors (Lipinski definition) is 3. The zero-order chi connectivity index (χ0) is 17.0. The van der Waals surface area contributed by atoms with Gasteiger partial charge in [-0.15, -0.1) is 0 Å². The van der Waals surface area contributed by atoms with Gasteiger partial charge in [-0.3, -0.25) is 4.79 Å². The number of rotatable bonds is 6. The van der Waals surface area contributed by atoms with Gasteiger partial charge in [0.2, 0.25) is 15.9 Å². The number of carbonyl (C=O) groups excluding carboxylic acids is 1. The van der Waals surface area contributed by atoms with E-state index in [-0.39, 0.29) is 12.0 Å². The average Bonchev–Trinajstić information content (AvgIpc) is 2.37. The number of halogens is 3. The molecule has 124 valence electrons. The van der Waals surface area contributed by atoms with Gasteiger partial charge in [-0.25, -0.2) is 13.1 Å². The first-order chi connectivity index (χ1) is 10.0. The van der Waals surface area contributed by atoms with E-state index >= 15 is 0 Å². The van der Waals surface area contributed by atoms with Crippen LogP contribution in [-0.4, -0.2) is 33.2 Å². The summed E-state index contributed by atoms with van der Waals surface area (Å²) >= 11 is 0. The maximum Gasteiger partial charge on any atom is 0.416 e. The van der Waals surface area contributed by atoms with Crippen LogP contribution in [0.1, 0.15) is 18.1 Å². The van der Waals surface area contributed by atoms with E-state index < -0.39 is 39.5 Å². The van der Waals surface area contributed by atoms with Crippen molar-refractivity contribution in [3.63, 3.8) is 0 Å². The first kappa shape index (κ1) is 18.4. The summed E-state index contributed by atoms with van der Waals surface area (Å²) in [6.45, 7) is 1.51. The van der Waals surface area contributed by atoms with Crippen molar-refractivity contribution in [1.29, 1.82) is 0 Å². The lowest BCUT2D eigenvalue weighted by Gasteiger charge is -2.17. The van der Waals surface area contributed by atoms with Gasteiger partial charge < -0.3 is 5.32 Å². The highest BCUT2D eigenvalue weighted by molar-refractivity contribution is 7.90. The van der Waals surface area contributed by atoms with Crippen molar-refractivity contribution >= 4 is 15.9 Å². The van der Waals surface area contributed by atoms with E-state index in [2.05, 4.69) is 5.32 Å². The highest BCUT2D eigenvalue weighted by Crippen LogP contribution is 2.32. The van der Waals surface area contributed by atoms with Crippen LogP contribution in [0.15, 0.2) is 24.3 Å². The summed E-state index contributed by atoms with van der Waals surface area (Å²) in [5, 5.41) is 2.37. The largest absolute Gasteiger partial charge is 0.416 e. The Morgan fingerprint density at radius 3 is 2.41 bits per heavy atom. The first-order valence-electron chi connectivity index (χ1n) is 6.41. The topological polar surface area (TPSA) is 75.3 Å². The molecule has 2 N–H and O–H groups in total. The number of amides is 1. The summed E-state index contributed by atoms with van der Waals surface area (Å²) in [6.07, 6.45) is -4.53. The predicted molar refractivity (Wildman–Crippen MR) is 75.6 cm³/mol. The van der Waals surface area contributed by atoms with Gasteiger partial charge in [0.1, 0.15) is 5.75 Å². The number of carbonyl (C=O) groups is 1. The number of benzene rings is 1. The molecule has 1 aromatic carbocycles. The summed E-state index contributed by atoms with van der Waals surface area (Å²) in [5.41, 5.74) is -0.724. The van der Waals surface area contributed by atoms with Crippen LogP contribution >= 0.6 is 0 Å². The molecule has 1 atom stereocenters. The molecule has 1 aromatic rings. The second-order valence-electron chi connectivity index (χ2n) is 4.79. The third kappa shape index (κ3) is 5.64. The summed E-state index contributed by atoms with van der Waals surface area (Å²) in [5.74, 6) is -1.54. The van der Waals surface area contributed by atoms with Crippen LogP contribution in [0.25, 0.3) is 0 Å². The quantitative estimate of drug-likeness (QED) is 0.821. The van der Waals surface area contributed by atoms with Crippen LogP contribution < -0.4 is 10.0 Å². The third-order valence-corrected chi connectivity index (χ3v) is 4.15. The summed E-state index contributed by atoms with van der Waals surface area (Å²) in [4.78, 5) is 11.5. The lowest BCUT2D eigenvalue weighted by Crippen LogP contribution is -2.40. The van der Waals surface area contributed by atoms with Gasteiger partial charge in [-0.05, 0) is 32.0 Å². The molecule has 0 aliphatic heterocycles. The van der Waals surface area contributed by atoms with Crippen LogP contribution in [0, 0.1) is 0 Å². The number of alkyl halides is 3. The Labute approximate surface area is 127 Å². The zero-order valence-corrected chi connectivity index (χ0v) is 12.9. The molecule has 1 rings (SSSR count). The molecule has 0 unspecified atom stereocenters. The van der Waals surface area contributed by atoms with Crippen molar-refractivity contribution in [1.82, 2.24) is 10.0 Å². The van der Waals surface area contributed by atoms with E-state index in [9.17, 15) is 26.4 Å². The van der Waals surface area contributed by atoms with E-state index in [1.807, 2.05) is 4.72 Å². The number of nitrogens with one attached hydrogen (secondary N) is 2. The Bertz CT molecular complexity index is 630. The lowest BCUT2D eigenvalue weighted by molar-refractivity contribution is -0.138. The van der Waals surface area contributed by atoms with E-state index in [0.717, 1.165) is 6.07 Å². The Balaban J connectivity index is 2.74. The zero-order valence-electron chi connectivity index (χ0n) is 12.1. The standard InChI is InChI=1S/C13H17F3N2O3S/c1-9(18-12(19)8-22(20,21)17-2)7-10-5-3-4-6-11(10)13(14,15)16/h3-6,9,17H,7-8H2,1-2H3,(H,18,19)/t9-/m0/s1. The minimum atomic E-state index is -4.48. The SMILES string of the molecule is CNS(=O)(=O)CC(=O)N[C@@H](C)Cc1ccccc1C(F)(F)F. The Morgan fingerprint density at radius 2 is 1.86 bits per heavy atom. The van der Waals surface area contributed by atoms with Gasteiger partial charge in [0.15, 0.2) is 0 Å². The smallest absolute Gasteiger partial charge is 0.352 e. The van der Waals surface area contributed by atoms with E-state index in [1.165, 1.54) is 32.2 Å². The van der Waals surface area contributed by atoms with Crippen molar-refractivity contribution in [3.8, 4) is 0 Å². The molecule has 22 heavy (non-hydrogen) atoms. The number of hydrogen-bond donors (Lipinski definition) is 2. The monoisotopic (exact) mass is 338 g/mol. The summed E-state index contributed by atoms with van der Waals surface area (Å²) in [7, 11) is -2.54. The normalized spacial score (nSPS) is 13.7. The Kier molecular flexibility index (Phi) is 5.95. The molecule has 0 saturated carbocycles. The predicted octanol–water partition coefficient (Wildman–Crippen LogP) is 1.30. The van der Waals surface area contributed by atoms with Gasteiger partial charge >= 0.3 is 6.18 Å². The lowest BCUT2D eigenvalue weighted by atomic mass is 10.0. The molecule has 9 heteroatoms. The van der Waals surface area contributed by atoms with Crippen molar-refractivity contribution < 1.29 is 26.4 Å². The van der Waals surface area contributed by atoms with Gasteiger partial charge in [-0.1, -0.05) is 18.2 Å². The van der Waals surface area contributed by atoms with E-state index in [4.69, 9.17) is 0 Å². The molecule has 0 aliphatic rings. The van der Waals surface area contributed by atoms with Crippen molar-refractivity contribution in [2.45, 2.75) is 25.6 Å². The highest BCUT2D eigenvalue weighted by Gasteiger charge is 2.33. The molecule has 0 fully saturated rings. The Morgan fingerprint density at radius 1 is 1.27 bits per heavy atom. The maximum atomic E-state index is 12.9. The molecule has 0 saturated heterocycles. The molecule has 0 aromatic heterocycles. The molecular weight excluding hydrogens is 321 g/mol. The summed E-state index contributed by atoms with van der Waals surface area (Å²) < 4.78 is 63.0. The minimum Gasteiger partial charge on any atom is -0.352 e. The number of sulfonamides is 1. The fourth-order valence-electron chi connectivity index (χ4n) is 1.92. The first-order valence-corrected chi connectivity index (χ1v) is 8.06. The minimum absolute atomic E-state index is 0.0410. The molecule has 0 bridgehead atoms. The average molecular weight is 338 g/mol. The molecule has 0 aliphatic carbocycles. The van der Waals surface area contributed by atoms with Crippen LogP contribution in [0.4, 0.5) is 13.2 Å². The van der Waals surface area contributed by atoms with Gasteiger partial charge in [-0.2, -0.15) is 13.2 Å². The van der Waals surface area contributed by atoms with Gasteiger partial charge in [0, 0.05) is 6.04 Å². The van der Waals surface area contributed by atoms with Crippen LogP contribution in [0.2, 0.25) is 0 Å². The molecule has 0 spiro atoms. The Hall–Kier alpha value is -1.61. The highest BCUT2D eigenvalue weighted by atomic mass is 32.2. The van der Waals surface area contributed by atoms with E-state index in [0.29, 0.717) is 0 Å². The van der Waals surface area contributed by atoms with Crippen molar-refractivity contribution in [2.75, 3.05) is 12.8 Å². The fraction of sp³-hybridized carbons (Fsp3) is 0.462. The second kappa shape index (κ2) is 7.10. The molecule has 0 heterocycles. The van der Waals surface area contributed by atoms with Crippen molar-refractivity contribution in [2.24, 2.45) is 0 Å². The third-order valence-electron chi connectivity index (χ3n) is 2.89. The molecule has 5 nitrogen and oxygen atoms in total. The summed E-state index contributed by atoms with van der Waals surface area (Å²) in [6, 6.07) is 4.42. The van der Waals surface area contributed by atoms with Crippen LogP contribution in [0.5, 0.6) is 0 Å². The molecule has 1 amide bonds. The van der Waals surface area contributed by atoms with Crippen LogP contribution in [0.3, 0.4) is 0 Å². The molecule has 0 radical (unpaired) electrons. The van der Waals surface area contributed by atoms with E-state index in [1.54, 1.807) is 0 Å². The van der Waals surface area contributed by atoms with Gasteiger partial charge in [0.05, 0.1) is 5.56 Å². The van der Waals surface area contributed by atoms with Gasteiger partial charge in [0.25, 0.3) is 0 Å².